The third-order valence-electron chi connectivity index (χ3n) is 5.06. The predicted molar refractivity (Wildman–Crippen MR) is 119 cm³/mol. The number of carbonyl (C=O) groups excluding carboxylic acids is 2. The van der Waals surface area contributed by atoms with E-state index in [1.54, 1.807) is 18.2 Å². The zero-order valence-electron chi connectivity index (χ0n) is 18.0. The fourth-order valence-electron chi connectivity index (χ4n) is 3.23. The van der Waals surface area contributed by atoms with Crippen molar-refractivity contribution in [2.24, 2.45) is 5.10 Å². The molecule has 0 bridgehead atoms. The molecule has 1 aliphatic heterocycles. The third-order valence-corrected chi connectivity index (χ3v) is 6.97. The summed E-state index contributed by atoms with van der Waals surface area (Å²) >= 11 is 0. The fourth-order valence-corrected chi connectivity index (χ4v) is 4.34. The number of nitrogens with zero attached hydrogens (tertiary/aromatic N) is 3. The molecule has 8 nitrogen and oxygen atoms in total. The van der Waals surface area contributed by atoms with Gasteiger partial charge >= 0.3 is 0 Å². The van der Waals surface area contributed by atoms with Crippen molar-refractivity contribution in [1.29, 1.82) is 0 Å². The van der Waals surface area contributed by atoms with Gasteiger partial charge in [0.2, 0.25) is 15.9 Å². The number of hydrogen-bond donors (Lipinski definition) is 1. The summed E-state index contributed by atoms with van der Waals surface area (Å²) in [6.45, 7) is 3.83. The van der Waals surface area contributed by atoms with Gasteiger partial charge in [-0.1, -0.05) is 30.3 Å². The van der Waals surface area contributed by atoms with Gasteiger partial charge in [-0.25, -0.2) is 17.7 Å². The molecule has 3 rings (SSSR count). The third kappa shape index (κ3) is 4.83. The van der Waals surface area contributed by atoms with Crippen molar-refractivity contribution in [3.63, 3.8) is 0 Å². The lowest BCUT2D eigenvalue weighted by molar-refractivity contribution is -0.119. The van der Waals surface area contributed by atoms with E-state index < -0.39 is 15.9 Å². The van der Waals surface area contributed by atoms with Crippen LogP contribution in [0.3, 0.4) is 0 Å². The molecule has 0 aliphatic carbocycles. The highest BCUT2D eigenvalue weighted by molar-refractivity contribution is 7.89. The van der Waals surface area contributed by atoms with Crippen LogP contribution in [0.1, 0.15) is 29.5 Å². The fraction of sp³-hybridized carbons (Fsp3) is 0.318. The highest BCUT2D eigenvalue weighted by atomic mass is 32.2. The topological polar surface area (TPSA) is 99.2 Å². The molecule has 164 valence electrons. The maximum atomic E-state index is 12.8. The Kier molecular flexibility index (Phi) is 6.56. The van der Waals surface area contributed by atoms with Crippen LogP contribution >= 0.6 is 0 Å². The number of hydrazone groups is 1. The minimum Gasteiger partial charge on any atom is -0.347 e. The summed E-state index contributed by atoms with van der Waals surface area (Å²) in [7, 11) is -0.725. The van der Waals surface area contributed by atoms with Gasteiger partial charge in [0.25, 0.3) is 5.91 Å². The Bertz CT molecular complexity index is 1160. The summed E-state index contributed by atoms with van der Waals surface area (Å²) in [6.07, 6.45) is 0.398. The van der Waals surface area contributed by atoms with Crippen molar-refractivity contribution >= 4 is 33.2 Å². The van der Waals surface area contributed by atoms with Crippen molar-refractivity contribution in [2.75, 3.05) is 19.1 Å². The number of rotatable bonds is 6. The van der Waals surface area contributed by atoms with Crippen LogP contribution in [0.25, 0.3) is 0 Å². The van der Waals surface area contributed by atoms with E-state index in [9.17, 15) is 18.0 Å². The summed E-state index contributed by atoms with van der Waals surface area (Å²) in [5, 5.41) is 8.33. The van der Waals surface area contributed by atoms with E-state index in [1.807, 2.05) is 32.0 Å². The Hall–Kier alpha value is -3.04. The first-order valence-electron chi connectivity index (χ1n) is 9.87. The number of carbonyl (C=O) groups is 2. The smallest absolute Gasteiger partial charge is 0.267 e. The molecule has 0 fully saturated rings. The van der Waals surface area contributed by atoms with Crippen molar-refractivity contribution in [3.8, 4) is 0 Å². The van der Waals surface area contributed by atoms with E-state index in [-0.39, 0.29) is 35.9 Å². The van der Waals surface area contributed by atoms with Crippen LogP contribution < -0.4 is 10.3 Å². The first-order chi connectivity index (χ1) is 14.6. The lowest BCUT2D eigenvalue weighted by atomic mass is 10.1. The molecule has 2 aromatic carbocycles. The molecule has 0 atom stereocenters. The van der Waals surface area contributed by atoms with Crippen LogP contribution in [0.2, 0.25) is 0 Å². The minimum absolute atomic E-state index is 0.0263. The van der Waals surface area contributed by atoms with Gasteiger partial charge in [0.15, 0.2) is 0 Å². The van der Waals surface area contributed by atoms with E-state index in [0.717, 1.165) is 15.4 Å². The quantitative estimate of drug-likeness (QED) is 0.742. The average Bonchev–Trinajstić information content (AvgIpc) is 2.74. The Morgan fingerprint density at radius 3 is 2.55 bits per heavy atom. The predicted octanol–water partition coefficient (Wildman–Crippen LogP) is 2.35. The average molecular weight is 443 g/mol. The second kappa shape index (κ2) is 8.99. The molecule has 0 radical (unpaired) electrons. The van der Waals surface area contributed by atoms with Crippen LogP contribution in [-0.2, 0) is 26.2 Å². The maximum absolute atomic E-state index is 12.8. The van der Waals surface area contributed by atoms with Crippen LogP contribution in [0.4, 0.5) is 5.69 Å². The summed E-state index contributed by atoms with van der Waals surface area (Å²) in [6, 6.07) is 12.2. The molecule has 0 saturated heterocycles. The molecule has 2 aromatic rings. The number of aryl methyl sites for hydroxylation is 2. The van der Waals surface area contributed by atoms with Gasteiger partial charge in [0, 0.05) is 33.5 Å². The van der Waals surface area contributed by atoms with Crippen molar-refractivity contribution in [1.82, 2.24) is 9.62 Å². The molecule has 2 amide bonds. The first-order valence-corrected chi connectivity index (χ1v) is 11.3. The van der Waals surface area contributed by atoms with Gasteiger partial charge in [-0.2, -0.15) is 5.10 Å². The molecular weight excluding hydrogens is 416 g/mol. The van der Waals surface area contributed by atoms with Gasteiger partial charge in [-0.05, 0) is 42.7 Å². The van der Waals surface area contributed by atoms with Gasteiger partial charge in [0.05, 0.1) is 10.6 Å². The second-order valence-corrected chi connectivity index (χ2v) is 9.74. The normalized spacial score (nSPS) is 14.5. The van der Waals surface area contributed by atoms with E-state index >= 15 is 0 Å². The van der Waals surface area contributed by atoms with Crippen LogP contribution in [-0.4, -0.2) is 44.3 Å². The number of anilines is 1. The van der Waals surface area contributed by atoms with Gasteiger partial charge in [0.1, 0.15) is 5.71 Å². The molecule has 0 unspecified atom stereocenters. The summed E-state index contributed by atoms with van der Waals surface area (Å²) < 4.78 is 26.2. The highest BCUT2D eigenvalue weighted by Crippen LogP contribution is 2.25. The van der Waals surface area contributed by atoms with E-state index in [2.05, 4.69) is 10.4 Å². The number of sulfonamides is 1. The molecule has 9 heteroatoms. The maximum Gasteiger partial charge on any atom is 0.267 e. The van der Waals surface area contributed by atoms with E-state index in [1.165, 1.54) is 25.2 Å². The Labute approximate surface area is 182 Å². The number of hydrogen-bond acceptors (Lipinski definition) is 5. The van der Waals surface area contributed by atoms with Gasteiger partial charge in [-0.15, -0.1) is 0 Å². The molecule has 1 N–H and O–H groups in total. The van der Waals surface area contributed by atoms with E-state index in [0.29, 0.717) is 11.3 Å². The molecule has 0 aromatic heterocycles. The Balaban J connectivity index is 1.82. The molecule has 1 aliphatic rings. The Morgan fingerprint density at radius 1 is 1.13 bits per heavy atom. The van der Waals surface area contributed by atoms with Crippen molar-refractivity contribution in [2.45, 2.75) is 38.1 Å². The van der Waals surface area contributed by atoms with Crippen LogP contribution in [0.15, 0.2) is 52.5 Å². The summed E-state index contributed by atoms with van der Waals surface area (Å²) in [5.41, 5.74) is 3.22. The molecule has 1 heterocycles. The van der Waals surface area contributed by atoms with Gasteiger partial charge in [-0.3, -0.25) is 9.59 Å². The van der Waals surface area contributed by atoms with Crippen molar-refractivity contribution < 1.29 is 18.0 Å². The Morgan fingerprint density at radius 2 is 1.84 bits per heavy atom. The lowest BCUT2D eigenvalue weighted by Crippen LogP contribution is -2.39. The summed E-state index contributed by atoms with van der Waals surface area (Å²) in [5.74, 6) is -0.604. The molecule has 0 spiro atoms. The molecule has 0 saturated carbocycles. The zero-order chi connectivity index (χ0) is 22.8. The van der Waals surface area contributed by atoms with Crippen LogP contribution in [0, 0.1) is 13.8 Å². The number of amides is 2. The molecular formula is C22H26N4O4S. The number of benzene rings is 2. The SMILES string of the molecule is Cc1ccc(C)c(N2N=C(C(=O)NCc3ccccc3S(=O)(=O)N(C)C)CCC2=O)c1. The monoisotopic (exact) mass is 442 g/mol. The minimum atomic E-state index is -3.64. The standard InChI is InChI=1S/C22H26N4O4S/c1-15-9-10-16(2)19(13-15)26-21(27)12-11-18(24-26)22(28)23-14-17-7-5-6-8-20(17)31(29,30)25(3)4/h5-10,13H,11-12,14H2,1-4H3,(H,23,28). The zero-order valence-corrected chi connectivity index (χ0v) is 18.9. The van der Waals surface area contributed by atoms with Crippen LogP contribution in [0.5, 0.6) is 0 Å². The first kappa shape index (κ1) is 22.6. The molecule has 31 heavy (non-hydrogen) atoms. The van der Waals surface area contributed by atoms with Crippen molar-refractivity contribution in [3.05, 3.63) is 59.2 Å². The van der Waals surface area contributed by atoms with E-state index in [4.69, 9.17) is 0 Å². The van der Waals surface area contributed by atoms with Gasteiger partial charge < -0.3 is 5.32 Å². The lowest BCUT2D eigenvalue weighted by Gasteiger charge is -2.25. The summed E-state index contributed by atoms with van der Waals surface area (Å²) in [4.78, 5) is 25.3. The number of nitrogens with one attached hydrogen (secondary N) is 1. The second-order valence-electron chi connectivity index (χ2n) is 7.62. The highest BCUT2D eigenvalue weighted by Gasteiger charge is 2.27. The largest absolute Gasteiger partial charge is 0.347 e.